The first-order valence-corrected chi connectivity index (χ1v) is 13.3. The van der Waals surface area contributed by atoms with Gasteiger partial charge in [0.1, 0.15) is 0 Å². The Bertz CT molecular complexity index is 1310. The monoisotopic (exact) mass is 499 g/mol. The molecular formula is C29H33N5O3. The van der Waals surface area contributed by atoms with Crippen LogP contribution in [0.1, 0.15) is 54.1 Å². The van der Waals surface area contributed by atoms with Crippen LogP contribution in [0.4, 0.5) is 5.69 Å². The summed E-state index contributed by atoms with van der Waals surface area (Å²) in [7, 11) is 1.73. The SMILES string of the molecule is COC[C@@H]1Nc2ccccc2[C@H]2[C@@H]1CCN2C(=O)[C@H]1CCCC[C@H]1NC(=O)c1ccc2nccnc2c1. The van der Waals surface area contributed by atoms with Crippen molar-refractivity contribution in [3.05, 3.63) is 66.0 Å². The second-order valence-electron chi connectivity index (χ2n) is 10.5. The van der Waals surface area contributed by atoms with E-state index >= 15 is 0 Å². The summed E-state index contributed by atoms with van der Waals surface area (Å²) in [6.07, 6.45) is 7.81. The van der Waals surface area contributed by atoms with E-state index in [4.69, 9.17) is 4.74 Å². The van der Waals surface area contributed by atoms with Gasteiger partial charge >= 0.3 is 0 Å². The van der Waals surface area contributed by atoms with E-state index in [1.165, 1.54) is 5.56 Å². The summed E-state index contributed by atoms with van der Waals surface area (Å²) in [5.41, 5.74) is 4.24. The van der Waals surface area contributed by atoms with E-state index in [1.54, 1.807) is 31.6 Å². The summed E-state index contributed by atoms with van der Waals surface area (Å²) in [6, 6.07) is 13.7. The fraction of sp³-hybridized carbons (Fsp3) is 0.448. The van der Waals surface area contributed by atoms with Crippen LogP contribution in [0.15, 0.2) is 54.9 Å². The zero-order chi connectivity index (χ0) is 25.4. The van der Waals surface area contributed by atoms with Crippen LogP contribution >= 0.6 is 0 Å². The molecule has 5 atom stereocenters. The van der Waals surface area contributed by atoms with Crippen molar-refractivity contribution >= 4 is 28.5 Å². The maximum Gasteiger partial charge on any atom is 0.251 e. The number of carbonyl (C=O) groups excluding carboxylic acids is 2. The molecule has 2 N–H and O–H groups in total. The topological polar surface area (TPSA) is 96.5 Å². The van der Waals surface area contributed by atoms with Crippen LogP contribution in [0.25, 0.3) is 11.0 Å². The average Bonchev–Trinajstić information content (AvgIpc) is 3.39. The van der Waals surface area contributed by atoms with Gasteiger partial charge in [-0.3, -0.25) is 19.6 Å². The lowest BCUT2D eigenvalue weighted by atomic mass is 9.81. The van der Waals surface area contributed by atoms with E-state index in [0.29, 0.717) is 23.6 Å². The fourth-order valence-electron chi connectivity index (χ4n) is 6.59. The number of hydrogen-bond donors (Lipinski definition) is 2. The molecular weight excluding hydrogens is 466 g/mol. The number of benzene rings is 2. The van der Waals surface area contributed by atoms with Gasteiger partial charge in [0.25, 0.3) is 5.91 Å². The van der Waals surface area contributed by atoms with Crippen molar-refractivity contribution in [1.29, 1.82) is 0 Å². The van der Waals surface area contributed by atoms with Gasteiger partial charge in [-0.05, 0) is 49.1 Å². The third-order valence-corrected chi connectivity index (χ3v) is 8.34. The van der Waals surface area contributed by atoms with Crippen molar-refractivity contribution in [2.45, 2.75) is 50.2 Å². The van der Waals surface area contributed by atoms with E-state index < -0.39 is 0 Å². The van der Waals surface area contributed by atoms with Gasteiger partial charge in [-0.25, -0.2) is 0 Å². The van der Waals surface area contributed by atoms with E-state index in [2.05, 4.69) is 37.6 Å². The van der Waals surface area contributed by atoms with Crippen LogP contribution < -0.4 is 10.6 Å². The van der Waals surface area contributed by atoms with Gasteiger partial charge in [-0.2, -0.15) is 0 Å². The Morgan fingerprint density at radius 2 is 1.86 bits per heavy atom. The second kappa shape index (κ2) is 10.1. The van der Waals surface area contributed by atoms with E-state index in [0.717, 1.165) is 49.9 Å². The first-order chi connectivity index (χ1) is 18.1. The number of methoxy groups -OCH3 is 1. The molecule has 1 saturated carbocycles. The minimum atomic E-state index is -0.223. The van der Waals surface area contributed by atoms with Gasteiger partial charge < -0.3 is 20.3 Å². The molecule has 6 rings (SSSR count). The zero-order valence-electron chi connectivity index (χ0n) is 21.1. The van der Waals surface area contributed by atoms with Crippen molar-refractivity contribution in [3.63, 3.8) is 0 Å². The molecule has 1 aliphatic carbocycles. The highest BCUT2D eigenvalue weighted by atomic mass is 16.5. The van der Waals surface area contributed by atoms with Gasteiger partial charge in [-0.15, -0.1) is 0 Å². The highest BCUT2D eigenvalue weighted by Crippen LogP contribution is 2.47. The molecule has 8 heteroatoms. The van der Waals surface area contributed by atoms with Gasteiger partial charge in [0.05, 0.1) is 35.6 Å². The number of likely N-dealkylation sites (tertiary alicyclic amines) is 1. The summed E-state index contributed by atoms with van der Waals surface area (Å²) in [6.45, 7) is 1.33. The molecule has 2 aliphatic heterocycles. The molecule has 8 nitrogen and oxygen atoms in total. The first-order valence-electron chi connectivity index (χ1n) is 13.3. The lowest BCUT2D eigenvalue weighted by Gasteiger charge is -2.41. The van der Waals surface area contributed by atoms with Crippen LogP contribution in [-0.4, -0.2) is 59.0 Å². The number of nitrogens with one attached hydrogen (secondary N) is 2. The summed E-state index contributed by atoms with van der Waals surface area (Å²) in [4.78, 5) is 38.1. The summed E-state index contributed by atoms with van der Waals surface area (Å²) >= 11 is 0. The van der Waals surface area contributed by atoms with Crippen LogP contribution in [0.5, 0.6) is 0 Å². The molecule has 2 fully saturated rings. The van der Waals surface area contributed by atoms with E-state index in [9.17, 15) is 9.59 Å². The van der Waals surface area contributed by atoms with E-state index in [1.807, 2.05) is 18.2 Å². The predicted molar refractivity (Wildman–Crippen MR) is 141 cm³/mol. The van der Waals surface area contributed by atoms with Gasteiger partial charge in [0.15, 0.2) is 0 Å². The number of hydrogen-bond acceptors (Lipinski definition) is 6. The second-order valence-corrected chi connectivity index (χ2v) is 10.5. The molecule has 1 saturated heterocycles. The van der Waals surface area contributed by atoms with Crippen molar-refractivity contribution in [2.24, 2.45) is 11.8 Å². The standard InChI is InChI=1S/C29H33N5O3/c1-37-17-26-20-12-15-34(27(20)19-6-2-4-8-22(19)32-26)29(36)21-7-3-5-9-23(21)33-28(35)18-10-11-24-25(16-18)31-14-13-30-24/h2,4,6,8,10-11,13-14,16,20-21,23,26-27,32H,3,5,7,9,12,15,17H2,1H3,(H,33,35)/t20-,21+,23-,26+,27+/m1/s1. The first kappa shape index (κ1) is 23.9. The number of carbonyl (C=O) groups is 2. The smallest absolute Gasteiger partial charge is 0.251 e. The number of amides is 2. The Hall–Kier alpha value is -3.52. The predicted octanol–water partition coefficient (Wildman–Crippen LogP) is 3.95. The summed E-state index contributed by atoms with van der Waals surface area (Å²) in [5.74, 6) is 0.0763. The van der Waals surface area contributed by atoms with Crippen LogP contribution in [0.2, 0.25) is 0 Å². The molecule has 3 aromatic rings. The molecule has 3 heterocycles. The average molecular weight is 500 g/mol. The Morgan fingerprint density at radius 1 is 1.05 bits per heavy atom. The minimum Gasteiger partial charge on any atom is -0.383 e. The van der Waals surface area contributed by atoms with Crippen molar-refractivity contribution in [2.75, 3.05) is 25.6 Å². The molecule has 3 aliphatic rings. The fourth-order valence-corrected chi connectivity index (χ4v) is 6.59. The quantitative estimate of drug-likeness (QED) is 0.552. The molecule has 0 radical (unpaired) electrons. The molecule has 0 bridgehead atoms. The molecule has 0 spiro atoms. The van der Waals surface area contributed by atoms with Gasteiger partial charge in [0.2, 0.25) is 5.91 Å². The Kier molecular flexibility index (Phi) is 6.50. The number of nitrogens with zero attached hydrogens (tertiary/aromatic N) is 3. The molecule has 192 valence electrons. The lowest BCUT2D eigenvalue weighted by molar-refractivity contribution is -0.139. The molecule has 2 aromatic carbocycles. The highest BCUT2D eigenvalue weighted by molar-refractivity contribution is 5.97. The summed E-state index contributed by atoms with van der Waals surface area (Å²) in [5, 5.41) is 6.85. The molecule has 1 aromatic heterocycles. The zero-order valence-corrected chi connectivity index (χ0v) is 21.1. The molecule has 2 amide bonds. The number of aromatic nitrogens is 2. The number of anilines is 1. The largest absolute Gasteiger partial charge is 0.383 e. The Morgan fingerprint density at radius 3 is 2.73 bits per heavy atom. The van der Waals surface area contributed by atoms with Crippen LogP contribution in [-0.2, 0) is 9.53 Å². The van der Waals surface area contributed by atoms with Crippen LogP contribution in [0, 0.1) is 11.8 Å². The van der Waals surface area contributed by atoms with Crippen molar-refractivity contribution < 1.29 is 14.3 Å². The van der Waals surface area contributed by atoms with Crippen molar-refractivity contribution in [3.8, 4) is 0 Å². The number of rotatable bonds is 5. The normalized spacial score (nSPS) is 26.7. The maximum absolute atomic E-state index is 14.1. The third-order valence-electron chi connectivity index (χ3n) is 8.34. The van der Waals surface area contributed by atoms with Gasteiger partial charge in [-0.1, -0.05) is 31.0 Å². The lowest BCUT2D eigenvalue weighted by Crippen LogP contribution is -2.50. The number of ether oxygens (including phenoxy) is 1. The third kappa shape index (κ3) is 4.44. The number of para-hydroxylation sites is 1. The summed E-state index contributed by atoms with van der Waals surface area (Å²) < 4.78 is 5.52. The van der Waals surface area contributed by atoms with Crippen molar-refractivity contribution in [1.82, 2.24) is 20.2 Å². The van der Waals surface area contributed by atoms with Gasteiger partial charge in [0, 0.05) is 49.3 Å². The minimum absolute atomic E-state index is 0.0300. The Balaban J connectivity index is 1.23. The molecule has 0 unspecified atom stereocenters. The Labute approximate surface area is 216 Å². The molecule has 37 heavy (non-hydrogen) atoms. The van der Waals surface area contributed by atoms with E-state index in [-0.39, 0.29) is 35.9 Å². The van der Waals surface area contributed by atoms with Crippen LogP contribution in [0.3, 0.4) is 0 Å². The number of fused-ring (bicyclic) bond motifs is 4. The highest BCUT2D eigenvalue weighted by Gasteiger charge is 2.48. The maximum atomic E-state index is 14.1.